The molecule has 1 aromatic heterocycles. The van der Waals surface area contributed by atoms with Gasteiger partial charge in [0.2, 0.25) is 5.91 Å². The van der Waals surface area contributed by atoms with Crippen LogP contribution in [0.15, 0.2) is 24.3 Å². The lowest BCUT2D eigenvalue weighted by Gasteiger charge is -2.37. The number of aromatic amines is 1. The number of carbonyl (C=O) groups excluding carboxylic acids is 1. The van der Waals surface area contributed by atoms with Crippen LogP contribution < -0.4 is 5.32 Å². The Morgan fingerprint density at radius 1 is 1.40 bits per heavy atom. The highest BCUT2D eigenvalue weighted by molar-refractivity contribution is 5.88. The van der Waals surface area contributed by atoms with Gasteiger partial charge in [0, 0.05) is 36.2 Å². The molecule has 0 saturated heterocycles. The molecule has 1 amide bonds. The number of aromatic nitrogens is 1. The minimum atomic E-state index is -0.0771. The summed E-state index contributed by atoms with van der Waals surface area (Å²) in [6.45, 7) is 5.09. The van der Waals surface area contributed by atoms with Gasteiger partial charge < -0.3 is 10.3 Å². The summed E-state index contributed by atoms with van der Waals surface area (Å²) >= 11 is 0. The fourth-order valence-electron chi connectivity index (χ4n) is 3.18. The first kappa shape index (κ1) is 13.2. The second kappa shape index (κ2) is 4.94. The maximum Gasteiger partial charge on any atom is 0.237 e. The summed E-state index contributed by atoms with van der Waals surface area (Å²) in [6.07, 6.45) is 0.775. The highest BCUT2D eigenvalue weighted by atomic mass is 16.2. The molecule has 2 aromatic rings. The number of amides is 1. The van der Waals surface area contributed by atoms with Gasteiger partial charge in [0.05, 0.1) is 6.04 Å². The van der Waals surface area contributed by atoms with Crippen molar-refractivity contribution in [3.63, 3.8) is 0 Å². The van der Waals surface area contributed by atoms with Crippen molar-refractivity contribution in [3.8, 4) is 0 Å². The summed E-state index contributed by atoms with van der Waals surface area (Å²) in [4.78, 5) is 18.0. The fourth-order valence-corrected chi connectivity index (χ4v) is 3.18. The van der Waals surface area contributed by atoms with Crippen LogP contribution in [0.4, 0.5) is 0 Å². The molecule has 0 bridgehead atoms. The second-order valence-corrected chi connectivity index (χ2v) is 5.73. The minimum Gasteiger partial charge on any atom is -0.358 e. The number of hydrogen-bond acceptors (Lipinski definition) is 2. The normalized spacial score (nSPS) is 19.3. The van der Waals surface area contributed by atoms with Crippen LogP contribution in [0, 0.1) is 0 Å². The topological polar surface area (TPSA) is 48.1 Å². The standard InChI is InChI=1S/C16H21N3O/c1-10(2)19-9-14-12(8-15(19)16(20)17-3)11-6-4-5-7-13(11)18-14/h4-7,10,15,18H,8-9H2,1-3H3,(H,17,20). The van der Waals surface area contributed by atoms with Crippen LogP contribution in [0.2, 0.25) is 0 Å². The Hall–Kier alpha value is -1.81. The molecule has 2 heterocycles. The van der Waals surface area contributed by atoms with Gasteiger partial charge in [0.25, 0.3) is 0 Å². The van der Waals surface area contributed by atoms with Crippen molar-refractivity contribution in [2.24, 2.45) is 0 Å². The summed E-state index contributed by atoms with van der Waals surface area (Å²) in [5.74, 6) is 0.106. The van der Waals surface area contributed by atoms with Crippen molar-refractivity contribution in [1.29, 1.82) is 0 Å². The average Bonchev–Trinajstić information content (AvgIpc) is 2.82. The first-order valence-corrected chi connectivity index (χ1v) is 7.17. The Kier molecular flexibility index (Phi) is 3.26. The number of carbonyl (C=O) groups is 1. The van der Waals surface area contributed by atoms with Crippen LogP contribution in [0.5, 0.6) is 0 Å². The molecule has 0 fully saturated rings. The molecule has 0 spiro atoms. The number of nitrogens with one attached hydrogen (secondary N) is 2. The van der Waals surface area contributed by atoms with E-state index < -0.39 is 0 Å². The van der Waals surface area contributed by atoms with Crippen LogP contribution in [0.3, 0.4) is 0 Å². The van der Waals surface area contributed by atoms with Crippen molar-refractivity contribution < 1.29 is 4.79 Å². The zero-order valence-electron chi connectivity index (χ0n) is 12.2. The molecule has 106 valence electrons. The highest BCUT2D eigenvalue weighted by Gasteiger charge is 2.34. The van der Waals surface area contributed by atoms with Crippen molar-refractivity contribution >= 4 is 16.8 Å². The Morgan fingerprint density at radius 3 is 2.85 bits per heavy atom. The lowest BCUT2D eigenvalue weighted by atomic mass is 9.95. The predicted octanol–water partition coefficient (Wildman–Crippen LogP) is 2.05. The molecule has 1 aliphatic rings. The minimum absolute atomic E-state index is 0.0771. The van der Waals surface area contributed by atoms with E-state index in [1.54, 1.807) is 7.05 Å². The van der Waals surface area contributed by atoms with Crippen molar-refractivity contribution in [2.45, 2.75) is 38.9 Å². The predicted molar refractivity (Wildman–Crippen MR) is 80.5 cm³/mol. The molecule has 0 aliphatic carbocycles. The van der Waals surface area contributed by atoms with E-state index in [-0.39, 0.29) is 11.9 Å². The summed E-state index contributed by atoms with van der Waals surface area (Å²) in [5, 5.41) is 4.05. The van der Waals surface area contributed by atoms with Crippen molar-refractivity contribution in [3.05, 3.63) is 35.5 Å². The molecular formula is C16H21N3O. The molecule has 1 aromatic carbocycles. The van der Waals surface area contributed by atoms with E-state index in [4.69, 9.17) is 0 Å². The number of para-hydroxylation sites is 1. The molecule has 1 aliphatic heterocycles. The van der Waals surface area contributed by atoms with Crippen molar-refractivity contribution in [2.75, 3.05) is 7.05 Å². The molecule has 4 heteroatoms. The van der Waals surface area contributed by atoms with E-state index in [1.165, 1.54) is 22.2 Å². The zero-order valence-corrected chi connectivity index (χ0v) is 12.2. The third-order valence-corrected chi connectivity index (χ3v) is 4.25. The Balaban J connectivity index is 2.07. The maximum absolute atomic E-state index is 12.2. The highest BCUT2D eigenvalue weighted by Crippen LogP contribution is 2.31. The van der Waals surface area contributed by atoms with E-state index in [2.05, 4.69) is 47.2 Å². The van der Waals surface area contributed by atoms with Crippen LogP contribution in [0.25, 0.3) is 10.9 Å². The van der Waals surface area contributed by atoms with Gasteiger partial charge in [-0.3, -0.25) is 9.69 Å². The molecule has 3 rings (SSSR count). The van der Waals surface area contributed by atoms with Gasteiger partial charge in [0.1, 0.15) is 0 Å². The van der Waals surface area contributed by atoms with Crippen molar-refractivity contribution in [1.82, 2.24) is 15.2 Å². The molecule has 1 atom stereocenters. The lowest BCUT2D eigenvalue weighted by molar-refractivity contribution is -0.127. The van der Waals surface area contributed by atoms with Crippen LogP contribution in [-0.4, -0.2) is 34.9 Å². The largest absolute Gasteiger partial charge is 0.358 e. The second-order valence-electron chi connectivity index (χ2n) is 5.73. The van der Waals surface area contributed by atoms with Gasteiger partial charge >= 0.3 is 0 Å². The molecular weight excluding hydrogens is 250 g/mol. The van der Waals surface area contributed by atoms with E-state index in [1.807, 2.05) is 6.07 Å². The molecule has 1 unspecified atom stereocenters. The number of hydrogen-bond donors (Lipinski definition) is 2. The van der Waals surface area contributed by atoms with Gasteiger partial charge in [-0.25, -0.2) is 0 Å². The maximum atomic E-state index is 12.2. The molecule has 0 radical (unpaired) electrons. The van der Waals surface area contributed by atoms with Gasteiger partial charge in [-0.1, -0.05) is 18.2 Å². The Bertz CT molecular complexity index is 644. The SMILES string of the molecule is CNC(=O)C1Cc2c([nH]c3ccccc23)CN1C(C)C. The van der Waals surface area contributed by atoms with E-state index >= 15 is 0 Å². The first-order valence-electron chi connectivity index (χ1n) is 7.17. The third kappa shape index (κ3) is 2.00. The quantitative estimate of drug-likeness (QED) is 0.878. The zero-order chi connectivity index (χ0) is 14.3. The number of nitrogens with zero attached hydrogens (tertiary/aromatic N) is 1. The van der Waals surface area contributed by atoms with Crippen LogP contribution >= 0.6 is 0 Å². The third-order valence-electron chi connectivity index (χ3n) is 4.25. The lowest BCUT2D eigenvalue weighted by Crippen LogP contribution is -2.52. The summed E-state index contributed by atoms with van der Waals surface area (Å²) < 4.78 is 0. The van der Waals surface area contributed by atoms with Crippen LogP contribution in [-0.2, 0) is 17.8 Å². The van der Waals surface area contributed by atoms with Gasteiger partial charge in [-0.15, -0.1) is 0 Å². The smallest absolute Gasteiger partial charge is 0.237 e. The van der Waals surface area contributed by atoms with Gasteiger partial charge in [0.15, 0.2) is 0 Å². The van der Waals surface area contributed by atoms with Crippen LogP contribution in [0.1, 0.15) is 25.1 Å². The number of H-pyrrole nitrogens is 1. The molecule has 0 saturated carbocycles. The molecule has 2 N–H and O–H groups in total. The monoisotopic (exact) mass is 271 g/mol. The number of likely N-dealkylation sites (N-methyl/N-ethyl adjacent to an activating group) is 1. The van der Waals surface area contributed by atoms with E-state index in [9.17, 15) is 4.79 Å². The summed E-state index contributed by atoms with van der Waals surface area (Å²) in [5.41, 5.74) is 3.71. The Morgan fingerprint density at radius 2 is 2.15 bits per heavy atom. The van der Waals surface area contributed by atoms with E-state index in [0.717, 1.165) is 13.0 Å². The summed E-state index contributed by atoms with van der Waals surface area (Å²) in [7, 11) is 1.71. The summed E-state index contributed by atoms with van der Waals surface area (Å²) in [6, 6.07) is 8.60. The number of rotatable bonds is 2. The molecule has 20 heavy (non-hydrogen) atoms. The molecule has 4 nitrogen and oxygen atoms in total. The first-order chi connectivity index (χ1) is 9.61. The average molecular weight is 271 g/mol. The van der Waals surface area contributed by atoms with E-state index in [0.29, 0.717) is 6.04 Å². The number of fused-ring (bicyclic) bond motifs is 3. The van der Waals surface area contributed by atoms with Gasteiger partial charge in [-0.05, 0) is 31.9 Å². The van der Waals surface area contributed by atoms with Gasteiger partial charge in [-0.2, -0.15) is 0 Å². The number of benzene rings is 1. The Labute approximate surface area is 119 Å². The fraction of sp³-hybridized carbons (Fsp3) is 0.438.